The number of hydrogen-bond acceptors (Lipinski definition) is 5. The van der Waals surface area contributed by atoms with E-state index in [4.69, 9.17) is 15.5 Å². The van der Waals surface area contributed by atoms with Crippen LogP contribution in [0.25, 0.3) is 16.8 Å². The minimum absolute atomic E-state index is 0.0665. The van der Waals surface area contributed by atoms with Crippen molar-refractivity contribution < 1.29 is 4.74 Å². The van der Waals surface area contributed by atoms with Gasteiger partial charge in [0.25, 0.3) is 0 Å². The number of hydrogen-bond donors (Lipinski definition) is 1. The Balaban J connectivity index is 1.82. The second kappa shape index (κ2) is 6.27. The van der Waals surface area contributed by atoms with Gasteiger partial charge in [-0.25, -0.2) is 9.50 Å². The Morgan fingerprint density at radius 2 is 2.00 bits per heavy atom. The average Bonchev–Trinajstić information content (AvgIpc) is 3.25. The molecular formula is C19H20N6O. The molecule has 132 valence electrons. The van der Waals surface area contributed by atoms with Gasteiger partial charge in [-0.15, -0.1) is 0 Å². The molecule has 0 amide bonds. The number of nitrogens with zero attached hydrogens (tertiary/aromatic N) is 5. The van der Waals surface area contributed by atoms with Crippen molar-refractivity contribution in [3.05, 3.63) is 60.2 Å². The smallest absolute Gasteiger partial charge is 0.246 e. The molecule has 0 aliphatic heterocycles. The van der Waals surface area contributed by atoms with Crippen LogP contribution in [0.1, 0.15) is 24.1 Å². The molecular weight excluding hydrogens is 328 g/mol. The quantitative estimate of drug-likeness (QED) is 0.612. The van der Waals surface area contributed by atoms with Crippen LogP contribution in [0.4, 0.5) is 0 Å². The molecule has 4 rings (SSSR count). The second-order valence-electron chi connectivity index (χ2n) is 6.36. The molecule has 0 aliphatic carbocycles. The number of aryl methyl sites for hydroxylation is 1. The molecule has 0 aliphatic rings. The van der Waals surface area contributed by atoms with Crippen LogP contribution in [0.15, 0.2) is 49.1 Å². The number of aromatic nitrogens is 5. The predicted octanol–water partition coefficient (Wildman–Crippen LogP) is 3.25. The van der Waals surface area contributed by atoms with Gasteiger partial charge in [0.15, 0.2) is 0 Å². The summed E-state index contributed by atoms with van der Waals surface area (Å²) in [7, 11) is 1.87. The molecule has 1 aromatic carbocycles. The van der Waals surface area contributed by atoms with Gasteiger partial charge in [0.05, 0.1) is 24.3 Å². The summed E-state index contributed by atoms with van der Waals surface area (Å²) >= 11 is 0. The Morgan fingerprint density at radius 1 is 1.15 bits per heavy atom. The minimum Gasteiger partial charge on any atom is -0.437 e. The summed E-state index contributed by atoms with van der Waals surface area (Å²) in [5.74, 6) is 1.23. The summed E-state index contributed by atoms with van der Waals surface area (Å²) in [5.41, 5.74) is 10.6. The third-order valence-corrected chi connectivity index (χ3v) is 4.38. The zero-order chi connectivity index (χ0) is 18.3. The standard InChI is InChI=1S/C19H20N6O/c1-12-15(13(2)20)5-4-6-18(12)26-19-17-7-8-21-25(17)11-16(23-19)14-9-22-24(3)10-14/h4-11,13H,20H2,1-3H3. The maximum Gasteiger partial charge on any atom is 0.246 e. The fourth-order valence-electron chi connectivity index (χ4n) is 3.00. The molecule has 0 fully saturated rings. The molecule has 26 heavy (non-hydrogen) atoms. The molecule has 0 saturated heterocycles. The molecule has 7 nitrogen and oxygen atoms in total. The van der Waals surface area contributed by atoms with Gasteiger partial charge in [0.2, 0.25) is 5.88 Å². The van der Waals surface area contributed by atoms with E-state index in [1.165, 1.54) is 0 Å². The minimum atomic E-state index is -0.0665. The van der Waals surface area contributed by atoms with Gasteiger partial charge in [0, 0.05) is 24.8 Å². The molecule has 3 aromatic heterocycles. The Morgan fingerprint density at radius 3 is 2.73 bits per heavy atom. The molecule has 1 unspecified atom stereocenters. The summed E-state index contributed by atoms with van der Waals surface area (Å²) < 4.78 is 9.68. The lowest BCUT2D eigenvalue weighted by Crippen LogP contribution is -2.07. The summed E-state index contributed by atoms with van der Waals surface area (Å²) in [6.45, 7) is 3.97. The van der Waals surface area contributed by atoms with Crippen molar-refractivity contribution in [2.45, 2.75) is 19.9 Å². The van der Waals surface area contributed by atoms with Gasteiger partial charge in [-0.2, -0.15) is 10.2 Å². The van der Waals surface area contributed by atoms with Crippen LogP contribution in [-0.4, -0.2) is 24.4 Å². The number of rotatable bonds is 4. The number of benzene rings is 1. The highest BCUT2D eigenvalue weighted by atomic mass is 16.5. The Bertz CT molecular complexity index is 1080. The van der Waals surface area contributed by atoms with E-state index >= 15 is 0 Å². The summed E-state index contributed by atoms with van der Waals surface area (Å²) in [5, 5.41) is 8.54. The van der Waals surface area contributed by atoms with Crippen LogP contribution in [0.2, 0.25) is 0 Å². The predicted molar refractivity (Wildman–Crippen MR) is 99.0 cm³/mol. The van der Waals surface area contributed by atoms with Gasteiger partial charge < -0.3 is 10.5 Å². The van der Waals surface area contributed by atoms with E-state index in [0.717, 1.165) is 33.7 Å². The summed E-state index contributed by atoms with van der Waals surface area (Å²) in [4.78, 5) is 4.70. The summed E-state index contributed by atoms with van der Waals surface area (Å²) in [6.07, 6.45) is 7.26. The van der Waals surface area contributed by atoms with Crippen molar-refractivity contribution in [3.8, 4) is 22.9 Å². The van der Waals surface area contributed by atoms with Crippen molar-refractivity contribution >= 4 is 5.52 Å². The number of ether oxygens (including phenoxy) is 1. The first-order chi connectivity index (χ1) is 12.5. The highest BCUT2D eigenvalue weighted by molar-refractivity contribution is 5.64. The van der Waals surface area contributed by atoms with E-state index in [2.05, 4.69) is 10.2 Å². The Kier molecular flexibility index (Phi) is 3.93. The lowest BCUT2D eigenvalue weighted by molar-refractivity contribution is 0.461. The van der Waals surface area contributed by atoms with Crippen molar-refractivity contribution in [1.82, 2.24) is 24.4 Å². The highest BCUT2D eigenvalue weighted by Gasteiger charge is 2.14. The molecule has 0 saturated carbocycles. The Labute approximate surface area is 151 Å². The van der Waals surface area contributed by atoms with Crippen LogP contribution < -0.4 is 10.5 Å². The van der Waals surface area contributed by atoms with Crippen molar-refractivity contribution in [2.75, 3.05) is 0 Å². The molecule has 4 aromatic rings. The Hall–Kier alpha value is -3.19. The largest absolute Gasteiger partial charge is 0.437 e. The molecule has 2 N–H and O–H groups in total. The first-order valence-corrected chi connectivity index (χ1v) is 8.39. The van der Waals surface area contributed by atoms with E-state index in [9.17, 15) is 0 Å². The normalized spacial score (nSPS) is 12.5. The SMILES string of the molecule is Cc1c(Oc2nc(-c3cnn(C)c3)cn3nccc23)cccc1C(C)N. The molecule has 0 bridgehead atoms. The van der Waals surface area contributed by atoms with Gasteiger partial charge in [-0.05, 0) is 37.1 Å². The topological polar surface area (TPSA) is 83.3 Å². The molecule has 7 heteroatoms. The van der Waals surface area contributed by atoms with E-state index in [1.807, 2.05) is 57.6 Å². The van der Waals surface area contributed by atoms with Crippen molar-refractivity contribution in [3.63, 3.8) is 0 Å². The van der Waals surface area contributed by atoms with Crippen molar-refractivity contribution in [1.29, 1.82) is 0 Å². The van der Waals surface area contributed by atoms with Gasteiger partial charge in [0.1, 0.15) is 11.3 Å². The van der Waals surface area contributed by atoms with Gasteiger partial charge in [-0.3, -0.25) is 4.68 Å². The van der Waals surface area contributed by atoms with Crippen molar-refractivity contribution in [2.24, 2.45) is 12.8 Å². The van der Waals surface area contributed by atoms with Crippen LogP contribution in [0, 0.1) is 6.92 Å². The maximum atomic E-state index is 6.19. The van der Waals surface area contributed by atoms with E-state index in [-0.39, 0.29) is 6.04 Å². The van der Waals surface area contributed by atoms with Gasteiger partial charge >= 0.3 is 0 Å². The molecule has 0 spiro atoms. The lowest BCUT2D eigenvalue weighted by Gasteiger charge is -2.15. The first-order valence-electron chi connectivity index (χ1n) is 8.39. The van der Waals surface area contributed by atoms with Crippen LogP contribution in [0.5, 0.6) is 11.6 Å². The van der Waals surface area contributed by atoms with Gasteiger partial charge in [-0.1, -0.05) is 12.1 Å². The number of nitrogens with two attached hydrogens (primary N) is 1. The average molecular weight is 348 g/mol. The van der Waals surface area contributed by atoms with Crippen LogP contribution >= 0.6 is 0 Å². The van der Waals surface area contributed by atoms with Crippen LogP contribution in [-0.2, 0) is 7.05 Å². The summed E-state index contributed by atoms with van der Waals surface area (Å²) in [6, 6.07) is 7.69. The molecule has 3 heterocycles. The fraction of sp³-hybridized carbons (Fsp3) is 0.211. The first kappa shape index (κ1) is 16.3. The lowest BCUT2D eigenvalue weighted by atomic mass is 10.0. The third-order valence-electron chi connectivity index (χ3n) is 4.38. The zero-order valence-corrected chi connectivity index (χ0v) is 14.9. The molecule has 1 atom stereocenters. The van der Waals surface area contributed by atoms with E-state index < -0.39 is 0 Å². The zero-order valence-electron chi connectivity index (χ0n) is 14.9. The fourth-order valence-corrected chi connectivity index (χ4v) is 3.00. The second-order valence-corrected chi connectivity index (χ2v) is 6.36. The van der Waals surface area contributed by atoms with E-state index in [0.29, 0.717) is 5.88 Å². The van der Waals surface area contributed by atoms with Crippen LogP contribution in [0.3, 0.4) is 0 Å². The highest BCUT2D eigenvalue weighted by Crippen LogP contribution is 2.32. The number of fused-ring (bicyclic) bond motifs is 1. The third kappa shape index (κ3) is 2.82. The molecule has 0 radical (unpaired) electrons. The monoisotopic (exact) mass is 348 g/mol. The maximum absolute atomic E-state index is 6.19. The van der Waals surface area contributed by atoms with E-state index in [1.54, 1.807) is 21.6 Å².